The van der Waals surface area contributed by atoms with Crippen molar-refractivity contribution in [2.45, 2.75) is 0 Å². The molecule has 2 heteroatoms. The second-order valence-corrected chi connectivity index (χ2v) is 7.48. The SMILES string of the molecule is [2H]c1c([2H])c([2H])c2c(c1[2H])c([2H])c([2H])c1c2c2cc3c(cc2n1-c1ccccc1)[nH]c1ccccc13. The maximum Gasteiger partial charge on any atom is 0.0645 e. The van der Waals surface area contributed by atoms with Gasteiger partial charge in [0.2, 0.25) is 0 Å². The summed E-state index contributed by atoms with van der Waals surface area (Å²) in [5.74, 6) is 0. The molecule has 0 fully saturated rings. The molecule has 0 radical (unpaired) electrons. The Hall–Kier alpha value is -4.04. The number of aromatic nitrogens is 2. The minimum atomic E-state index is -0.398. The first-order valence-electron chi connectivity index (χ1n) is 12.8. The maximum atomic E-state index is 8.99. The molecule has 0 bridgehead atoms. The number of H-pyrrole nitrogens is 1. The Labute approximate surface area is 181 Å². The van der Waals surface area contributed by atoms with Crippen molar-refractivity contribution in [3.8, 4) is 5.69 Å². The highest BCUT2D eigenvalue weighted by atomic mass is 15.0. The van der Waals surface area contributed by atoms with Crippen molar-refractivity contribution in [1.29, 1.82) is 0 Å². The monoisotopic (exact) mass is 388 g/mol. The molecule has 5 aromatic carbocycles. The number of hydrogen-bond acceptors (Lipinski definition) is 0. The van der Waals surface area contributed by atoms with Crippen LogP contribution in [0.15, 0.2) is 103 Å². The van der Waals surface area contributed by atoms with Crippen LogP contribution < -0.4 is 0 Å². The van der Waals surface area contributed by atoms with Gasteiger partial charge in [0, 0.05) is 38.3 Å². The zero-order valence-electron chi connectivity index (χ0n) is 21.8. The molecule has 140 valence electrons. The summed E-state index contributed by atoms with van der Waals surface area (Å²) in [5, 5.41) is 3.71. The van der Waals surface area contributed by atoms with Gasteiger partial charge in [-0.05, 0) is 47.1 Å². The van der Waals surface area contributed by atoms with Gasteiger partial charge in [-0.1, -0.05) is 66.6 Å². The fraction of sp³-hybridized carbons (Fsp3) is 0. The largest absolute Gasteiger partial charge is 0.354 e. The Morgan fingerprint density at radius 3 is 2.40 bits per heavy atom. The van der Waals surface area contributed by atoms with Gasteiger partial charge >= 0.3 is 0 Å². The van der Waals surface area contributed by atoms with Crippen molar-refractivity contribution in [2.75, 3.05) is 0 Å². The zero-order valence-corrected chi connectivity index (χ0v) is 15.8. The molecule has 0 unspecified atom stereocenters. The quantitative estimate of drug-likeness (QED) is 0.299. The average molecular weight is 389 g/mol. The minimum absolute atomic E-state index is 0.0731. The van der Waals surface area contributed by atoms with Crippen molar-refractivity contribution in [3.63, 3.8) is 0 Å². The molecule has 2 aromatic heterocycles. The van der Waals surface area contributed by atoms with E-state index in [4.69, 9.17) is 8.22 Å². The van der Waals surface area contributed by atoms with Gasteiger partial charge < -0.3 is 9.55 Å². The van der Waals surface area contributed by atoms with Crippen LogP contribution in [-0.4, -0.2) is 9.55 Å². The van der Waals surface area contributed by atoms with Gasteiger partial charge in [0.05, 0.1) is 19.3 Å². The topological polar surface area (TPSA) is 20.7 Å². The normalized spacial score (nSPS) is 14.8. The maximum absolute atomic E-state index is 8.99. The van der Waals surface area contributed by atoms with Crippen molar-refractivity contribution in [1.82, 2.24) is 9.55 Å². The van der Waals surface area contributed by atoms with E-state index in [0.29, 0.717) is 10.9 Å². The number of aromatic amines is 1. The highest BCUT2D eigenvalue weighted by molar-refractivity contribution is 6.24. The standard InChI is InChI=1S/C28H18N2/c1-2-9-19(10-3-1)30-26-15-14-18-8-4-5-11-20(18)28(26)23-16-22-21-12-6-7-13-24(21)29-25(22)17-27(23)30/h1-17,29H/i4D,5D,8D,11D,14D,15D. The van der Waals surface area contributed by atoms with Crippen molar-refractivity contribution < 1.29 is 8.22 Å². The molecular formula is C28H18N2. The van der Waals surface area contributed by atoms with E-state index in [1.165, 1.54) is 0 Å². The molecular weight excluding hydrogens is 364 g/mol. The van der Waals surface area contributed by atoms with Crippen molar-refractivity contribution in [2.24, 2.45) is 0 Å². The second-order valence-electron chi connectivity index (χ2n) is 7.48. The third-order valence-corrected chi connectivity index (χ3v) is 5.85. The first kappa shape index (κ1) is 11.2. The number of rotatable bonds is 1. The molecule has 0 aliphatic rings. The lowest BCUT2D eigenvalue weighted by Gasteiger charge is -2.08. The molecule has 7 aromatic rings. The number of nitrogens with one attached hydrogen (secondary N) is 1. The molecule has 2 heterocycles. The Morgan fingerprint density at radius 2 is 1.47 bits per heavy atom. The summed E-state index contributed by atoms with van der Waals surface area (Å²) in [5.41, 5.74) is 3.98. The Morgan fingerprint density at radius 1 is 0.633 bits per heavy atom. The van der Waals surface area contributed by atoms with Gasteiger partial charge in [0.25, 0.3) is 0 Å². The molecule has 0 spiro atoms. The highest BCUT2D eigenvalue weighted by Crippen LogP contribution is 2.39. The van der Waals surface area contributed by atoms with Crippen LogP contribution in [0.5, 0.6) is 0 Å². The van der Waals surface area contributed by atoms with Crippen molar-refractivity contribution in [3.05, 3.63) is 103 Å². The second kappa shape index (κ2) is 5.74. The van der Waals surface area contributed by atoms with Crippen LogP contribution in [0.25, 0.3) is 60.1 Å². The average Bonchev–Trinajstić information content (AvgIpc) is 3.42. The van der Waals surface area contributed by atoms with Crippen LogP contribution in [0, 0.1) is 0 Å². The summed E-state index contributed by atoms with van der Waals surface area (Å²) < 4.78 is 53.5. The van der Waals surface area contributed by atoms with Gasteiger partial charge in [-0.3, -0.25) is 0 Å². The minimum Gasteiger partial charge on any atom is -0.354 e. The molecule has 1 N–H and O–H groups in total. The molecule has 0 atom stereocenters. The van der Waals surface area contributed by atoms with E-state index < -0.39 is 6.04 Å². The molecule has 0 saturated heterocycles. The molecule has 0 saturated carbocycles. The number of hydrogen-bond donors (Lipinski definition) is 1. The van der Waals surface area contributed by atoms with Crippen molar-refractivity contribution >= 4 is 54.4 Å². The summed E-state index contributed by atoms with van der Waals surface area (Å²) in [6, 6.07) is 20.2. The van der Waals surface area contributed by atoms with Gasteiger partial charge in [0.15, 0.2) is 0 Å². The lowest BCUT2D eigenvalue weighted by atomic mass is 10.0. The smallest absolute Gasteiger partial charge is 0.0645 e. The molecule has 7 rings (SSSR count). The lowest BCUT2D eigenvalue weighted by Crippen LogP contribution is -1.93. The first-order valence-corrected chi connectivity index (χ1v) is 9.81. The summed E-state index contributed by atoms with van der Waals surface area (Å²) in [6.07, 6.45) is 0. The molecule has 2 nitrogen and oxygen atoms in total. The number of benzene rings is 5. The summed E-state index contributed by atoms with van der Waals surface area (Å²) >= 11 is 0. The fourth-order valence-corrected chi connectivity index (χ4v) is 4.56. The van der Waals surface area contributed by atoms with Gasteiger partial charge in [-0.15, -0.1) is 0 Å². The Bertz CT molecular complexity index is 2050. The highest BCUT2D eigenvalue weighted by Gasteiger charge is 2.16. The number of fused-ring (bicyclic) bond motifs is 8. The summed E-state index contributed by atoms with van der Waals surface area (Å²) in [4.78, 5) is 3.47. The number of para-hydroxylation sites is 2. The fourth-order valence-electron chi connectivity index (χ4n) is 4.56. The van der Waals surface area contributed by atoms with E-state index in [2.05, 4.69) is 4.98 Å². The van der Waals surface area contributed by atoms with Crippen LogP contribution in [0.3, 0.4) is 0 Å². The van der Waals surface area contributed by atoms with Crippen LogP contribution in [0.1, 0.15) is 8.22 Å². The molecule has 0 aliphatic carbocycles. The van der Waals surface area contributed by atoms with Gasteiger partial charge in [-0.25, -0.2) is 0 Å². The summed E-state index contributed by atoms with van der Waals surface area (Å²) in [7, 11) is 0. The third kappa shape index (κ3) is 2.03. The first-order chi connectivity index (χ1) is 17.4. The van der Waals surface area contributed by atoms with Crippen LogP contribution in [0.2, 0.25) is 0 Å². The van der Waals surface area contributed by atoms with E-state index >= 15 is 0 Å². The van der Waals surface area contributed by atoms with E-state index in [-0.39, 0.29) is 41.0 Å². The van der Waals surface area contributed by atoms with E-state index in [1.54, 1.807) is 0 Å². The number of nitrogens with zero attached hydrogens (tertiary/aromatic N) is 1. The Kier molecular flexibility index (Phi) is 2.15. The summed E-state index contributed by atoms with van der Waals surface area (Å²) in [6.45, 7) is 0. The van der Waals surface area contributed by atoms with E-state index in [0.717, 1.165) is 38.4 Å². The zero-order chi connectivity index (χ0) is 24.9. The molecule has 0 aliphatic heterocycles. The lowest BCUT2D eigenvalue weighted by molar-refractivity contribution is 1.18. The molecule has 30 heavy (non-hydrogen) atoms. The predicted molar refractivity (Wildman–Crippen MR) is 128 cm³/mol. The van der Waals surface area contributed by atoms with Crippen LogP contribution >= 0.6 is 0 Å². The molecule has 0 amide bonds. The van der Waals surface area contributed by atoms with E-state index in [1.807, 2.05) is 71.3 Å². The third-order valence-electron chi connectivity index (χ3n) is 5.85. The predicted octanol–water partition coefficient (Wildman–Crippen LogP) is 7.57. The van der Waals surface area contributed by atoms with E-state index in [9.17, 15) is 0 Å². The van der Waals surface area contributed by atoms with Gasteiger partial charge in [0.1, 0.15) is 0 Å². The van der Waals surface area contributed by atoms with Gasteiger partial charge in [-0.2, -0.15) is 0 Å². The van der Waals surface area contributed by atoms with Crippen LogP contribution in [0.4, 0.5) is 0 Å². The Balaban J connectivity index is 1.84. The van der Waals surface area contributed by atoms with Crippen LogP contribution in [-0.2, 0) is 0 Å².